The van der Waals surface area contributed by atoms with Gasteiger partial charge in [-0.3, -0.25) is 4.79 Å². The number of esters is 1. The molecule has 0 bridgehead atoms. The molecule has 1 aromatic rings. The first-order valence-electron chi connectivity index (χ1n) is 6.12. The Balaban J connectivity index is 2.20. The first-order chi connectivity index (χ1) is 8.59. The molecule has 18 heavy (non-hydrogen) atoms. The van der Waals surface area contributed by atoms with E-state index in [0.29, 0.717) is 11.5 Å². The van der Waals surface area contributed by atoms with Gasteiger partial charge in [-0.05, 0) is 19.4 Å². The molecule has 0 radical (unpaired) electrons. The second-order valence-corrected chi connectivity index (χ2v) is 5.17. The van der Waals surface area contributed by atoms with Crippen LogP contribution in [0.4, 0.5) is 0 Å². The topological polar surface area (TPSA) is 38.3 Å². The Morgan fingerprint density at radius 1 is 1.39 bits per heavy atom. The van der Waals surface area contributed by atoms with Crippen molar-refractivity contribution in [2.45, 2.75) is 25.9 Å². The minimum atomic E-state index is -0.357. The molecule has 1 N–H and O–H groups in total. The second kappa shape index (κ2) is 5.48. The van der Waals surface area contributed by atoms with E-state index in [9.17, 15) is 4.79 Å². The third-order valence-electron chi connectivity index (χ3n) is 3.01. The average Bonchev–Trinajstić information content (AvgIpc) is 2.71. The molecular formula is C14H17NO2S. The van der Waals surface area contributed by atoms with E-state index in [1.165, 1.54) is 0 Å². The van der Waals surface area contributed by atoms with Gasteiger partial charge in [-0.1, -0.05) is 42.5 Å². The van der Waals surface area contributed by atoms with Crippen LogP contribution in [0.25, 0.3) is 0 Å². The maximum Gasteiger partial charge on any atom is 0.316 e. The van der Waals surface area contributed by atoms with Gasteiger partial charge >= 0.3 is 5.97 Å². The zero-order chi connectivity index (χ0) is 13.1. The molecule has 96 valence electrons. The van der Waals surface area contributed by atoms with Crippen LogP contribution in [-0.2, 0) is 9.53 Å². The summed E-state index contributed by atoms with van der Waals surface area (Å²) in [6.45, 7) is 4.39. The van der Waals surface area contributed by atoms with Gasteiger partial charge in [0.05, 0.1) is 11.1 Å². The number of thiocarbonyl (C=S) groups is 1. The fourth-order valence-corrected chi connectivity index (χ4v) is 2.55. The smallest absolute Gasteiger partial charge is 0.316 e. The molecule has 2 unspecified atom stereocenters. The molecule has 4 heteroatoms. The van der Waals surface area contributed by atoms with Crippen LogP contribution in [0.3, 0.4) is 0 Å². The highest BCUT2D eigenvalue weighted by molar-refractivity contribution is 7.80. The van der Waals surface area contributed by atoms with E-state index in [1.807, 2.05) is 44.2 Å². The van der Waals surface area contributed by atoms with Crippen molar-refractivity contribution in [1.29, 1.82) is 0 Å². The lowest BCUT2D eigenvalue weighted by Gasteiger charge is -2.18. The molecule has 1 aliphatic heterocycles. The van der Waals surface area contributed by atoms with Crippen molar-refractivity contribution < 1.29 is 9.53 Å². The molecule has 1 aliphatic rings. The normalized spacial score (nSPS) is 22.9. The Labute approximate surface area is 113 Å². The van der Waals surface area contributed by atoms with Crippen LogP contribution in [0.1, 0.15) is 25.3 Å². The van der Waals surface area contributed by atoms with E-state index in [-0.39, 0.29) is 23.9 Å². The van der Waals surface area contributed by atoms with E-state index in [1.54, 1.807) is 0 Å². The molecule has 0 saturated carbocycles. The lowest BCUT2D eigenvalue weighted by Crippen LogP contribution is -2.29. The van der Waals surface area contributed by atoms with E-state index in [2.05, 4.69) is 5.32 Å². The standard InChI is InChI=1S/C14H17NO2S/c1-9(2)17-14(16)12-11(8-15-13(12)18)10-6-4-3-5-7-10/h3-7,9,11-12H,8H2,1-2H3,(H,15,18). The molecule has 1 heterocycles. The number of ether oxygens (including phenoxy) is 1. The van der Waals surface area contributed by atoms with Gasteiger partial charge in [0.25, 0.3) is 0 Å². The van der Waals surface area contributed by atoms with E-state index < -0.39 is 0 Å². The van der Waals surface area contributed by atoms with Gasteiger partial charge in [0.15, 0.2) is 0 Å². The Morgan fingerprint density at radius 3 is 2.67 bits per heavy atom. The highest BCUT2D eigenvalue weighted by atomic mass is 32.1. The zero-order valence-electron chi connectivity index (χ0n) is 10.6. The monoisotopic (exact) mass is 263 g/mol. The Bertz CT molecular complexity index is 444. The number of rotatable bonds is 3. The molecule has 3 nitrogen and oxygen atoms in total. The molecule has 0 spiro atoms. The summed E-state index contributed by atoms with van der Waals surface area (Å²) in [4.78, 5) is 12.7. The number of hydrogen-bond donors (Lipinski definition) is 1. The molecule has 1 fully saturated rings. The van der Waals surface area contributed by atoms with E-state index in [0.717, 1.165) is 5.56 Å². The van der Waals surface area contributed by atoms with Crippen LogP contribution in [0, 0.1) is 5.92 Å². The molecule has 0 aliphatic carbocycles. The van der Waals surface area contributed by atoms with Crippen LogP contribution >= 0.6 is 12.2 Å². The van der Waals surface area contributed by atoms with Gasteiger partial charge in [-0.25, -0.2) is 0 Å². The quantitative estimate of drug-likeness (QED) is 0.670. The maximum atomic E-state index is 12.1. The summed E-state index contributed by atoms with van der Waals surface area (Å²) in [5.74, 6) is -0.511. The van der Waals surface area contributed by atoms with Crippen molar-refractivity contribution in [1.82, 2.24) is 5.32 Å². The zero-order valence-corrected chi connectivity index (χ0v) is 11.4. The summed E-state index contributed by atoms with van der Waals surface area (Å²) in [5.41, 5.74) is 1.12. The van der Waals surface area contributed by atoms with Crippen molar-refractivity contribution in [3.63, 3.8) is 0 Å². The lowest BCUT2D eigenvalue weighted by atomic mass is 9.89. The largest absolute Gasteiger partial charge is 0.462 e. The number of hydrogen-bond acceptors (Lipinski definition) is 3. The number of benzene rings is 1. The van der Waals surface area contributed by atoms with Gasteiger partial charge < -0.3 is 10.1 Å². The SMILES string of the molecule is CC(C)OC(=O)C1C(=S)NCC1c1ccccc1. The molecule has 0 amide bonds. The summed E-state index contributed by atoms with van der Waals surface area (Å²) in [6, 6.07) is 9.96. The molecular weight excluding hydrogens is 246 g/mol. The van der Waals surface area contributed by atoms with Gasteiger partial charge in [-0.2, -0.15) is 0 Å². The summed E-state index contributed by atoms with van der Waals surface area (Å²) in [6.07, 6.45) is -0.114. The molecule has 1 saturated heterocycles. The van der Waals surface area contributed by atoms with Crippen LogP contribution in [0.5, 0.6) is 0 Å². The predicted molar refractivity (Wildman–Crippen MR) is 74.5 cm³/mol. The molecule has 1 aromatic carbocycles. The van der Waals surface area contributed by atoms with Crippen molar-refractivity contribution in [2.24, 2.45) is 5.92 Å². The van der Waals surface area contributed by atoms with E-state index >= 15 is 0 Å². The van der Waals surface area contributed by atoms with Crippen LogP contribution in [-0.4, -0.2) is 23.6 Å². The van der Waals surface area contributed by atoms with Crippen LogP contribution in [0.2, 0.25) is 0 Å². The third-order valence-corrected chi connectivity index (χ3v) is 3.41. The minimum absolute atomic E-state index is 0.0740. The third kappa shape index (κ3) is 2.70. The minimum Gasteiger partial charge on any atom is -0.462 e. The maximum absolute atomic E-state index is 12.1. The second-order valence-electron chi connectivity index (χ2n) is 4.73. The van der Waals surface area contributed by atoms with Crippen molar-refractivity contribution >= 4 is 23.2 Å². The van der Waals surface area contributed by atoms with Crippen molar-refractivity contribution in [3.05, 3.63) is 35.9 Å². The van der Waals surface area contributed by atoms with Crippen LogP contribution < -0.4 is 5.32 Å². The van der Waals surface area contributed by atoms with Crippen molar-refractivity contribution in [3.8, 4) is 0 Å². The number of nitrogens with one attached hydrogen (secondary N) is 1. The summed E-state index contributed by atoms with van der Waals surface area (Å²) in [7, 11) is 0. The fraction of sp³-hybridized carbons (Fsp3) is 0.429. The van der Waals surface area contributed by atoms with Gasteiger partial charge in [0, 0.05) is 12.5 Å². The summed E-state index contributed by atoms with van der Waals surface area (Å²) < 4.78 is 5.29. The predicted octanol–water partition coefficient (Wildman–Crippen LogP) is 2.27. The average molecular weight is 263 g/mol. The summed E-state index contributed by atoms with van der Waals surface area (Å²) in [5, 5.41) is 3.10. The molecule has 0 aromatic heterocycles. The fourth-order valence-electron chi connectivity index (χ4n) is 2.21. The van der Waals surface area contributed by atoms with Gasteiger partial charge in [0.2, 0.25) is 0 Å². The first-order valence-corrected chi connectivity index (χ1v) is 6.53. The Morgan fingerprint density at radius 2 is 2.06 bits per heavy atom. The first kappa shape index (κ1) is 13.0. The van der Waals surface area contributed by atoms with Gasteiger partial charge in [-0.15, -0.1) is 0 Å². The molecule has 2 rings (SSSR count). The Kier molecular flexibility index (Phi) is 3.97. The van der Waals surface area contributed by atoms with Crippen LogP contribution in [0.15, 0.2) is 30.3 Å². The highest BCUT2D eigenvalue weighted by Crippen LogP contribution is 2.30. The van der Waals surface area contributed by atoms with Gasteiger partial charge in [0.1, 0.15) is 5.92 Å². The number of carbonyl (C=O) groups excluding carboxylic acids is 1. The Hall–Kier alpha value is -1.42. The number of carbonyl (C=O) groups is 1. The van der Waals surface area contributed by atoms with E-state index in [4.69, 9.17) is 17.0 Å². The highest BCUT2D eigenvalue weighted by Gasteiger charge is 2.39. The van der Waals surface area contributed by atoms with Crippen molar-refractivity contribution in [2.75, 3.05) is 6.54 Å². The summed E-state index contributed by atoms with van der Waals surface area (Å²) >= 11 is 5.23. The lowest BCUT2D eigenvalue weighted by molar-refractivity contribution is -0.150. The molecule has 2 atom stereocenters.